The monoisotopic (exact) mass is 440 g/mol. The fourth-order valence-electron chi connectivity index (χ4n) is 2.86. The van der Waals surface area contributed by atoms with E-state index in [0.29, 0.717) is 41.5 Å². The molecule has 3 rings (SSSR count). The normalized spacial score (nSPS) is 10.9. The lowest BCUT2D eigenvalue weighted by Crippen LogP contribution is -2.15. The molecule has 2 aromatic carbocycles. The number of carbonyl (C=O) groups excluding carboxylic acids is 1. The molecule has 7 nitrogen and oxygen atoms in total. The Hall–Kier alpha value is -3.00. The molecule has 3 aromatic rings. The molecule has 31 heavy (non-hydrogen) atoms. The van der Waals surface area contributed by atoms with Crippen molar-refractivity contribution < 1.29 is 14.3 Å². The molecule has 0 radical (unpaired) electrons. The summed E-state index contributed by atoms with van der Waals surface area (Å²) < 4.78 is 13.2. The van der Waals surface area contributed by atoms with Crippen LogP contribution in [0.4, 0.5) is 5.69 Å². The molecule has 1 aromatic heterocycles. The van der Waals surface area contributed by atoms with Crippen LogP contribution in [0.15, 0.2) is 53.7 Å². The van der Waals surface area contributed by atoms with Gasteiger partial charge in [0.25, 0.3) is 0 Å². The quantitative estimate of drug-likeness (QED) is 0.463. The first-order chi connectivity index (χ1) is 15.0. The van der Waals surface area contributed by atoms with E-state index in [9.17, 15) is 4.79 Å². The van der Waals surface area contributed by atoms with Crippen LogP contribution >= 0.6 is 11.8 Å². The lowest BCUT2D eigenvalue weighted by Gasteiger charge is -2.11. The molecule has 164 valence electrons. The van der Waals surface area contributed by atoms with E-state index >= 15 is 0 Å². The molecule has 0 aliphatic heterocycles. The highest BCUT2D eigenvalue weighted by Gasteiger charge is 2.13. The maximum absolute atomic E-state index is 12.4. The standard InChI is InChI=1S/C23H28N4O3S/c1-5-29-20-9-7-6-8-19(20)24-22(28)15-31-23-26-25-21(27(23)4)14-30-18-12-10-17(11-13-18)16(2)3/h6-13,16H,5,14-15H2,1-4H3,(H,24,28). The second kappa shape index (κ2) is 10.9. The van der Waals surface area contributed by atoms with Crippen molar-refractivity contribution in [2.75, 3.05) is 17.7 Å². The van der Waals surface area contributed by atoms with E-state index in [1.165, 1.54) is 17.3 Å². The van der Waals surface area contributed by atoms with Crippen LogP contribution < -0.4 is 14.8 Å². The molecule has 0 aliphatic rings. The number of anilines is 1. The first kappa shape index (κ1) is 22.7. The predicted molar refractivity (Wildman–Crippen MR) is 123 cm³/mol. The molecular weight excluding hydrogens is 412 g/mol. The highest BCUT2D eigenvalue weighted by atomic mass is 32.2. The maximum atomic E-state index is 12.4. The summed E-state index contributed by atoms with van der Waals surface area (Å²) in [5, 5.41) is 11.9. The van der Waals surface area contributed by atoms with Crippen LogP contribution in [0.3, 0.4) is 0 Å². The topological polar surface area (TPSA) is 78.3 Å². The lowest BCUT2D eigenvalue weighted by atomic mass is 10.0. The van der Waals surface area contributed by atoms with Gasteiger partial charge in [0, 0.05) is 7.05 Å². The summed E-state index contributed by atoms with van der Waals surface area (Å²) in [6, 6.07) is 15.4. The first-order valence-corrected chi connectivity index (χ1v) is 11.2. The smallest absolute Gasteiger partial charge is 0.234 e. The van der Waals surface area contributed by atoms with E-state index in [0.717, 1.165) is 5.75 Å². The number of hydrogen-bond acceptors (Lipinski definition) is 6. The van der Waals surface area contributed by atoms with Gasteiger partial charge in [-0.1, -0.05) is 49.9 Å². The Kier molecular flexibility index (Phi) is 7.94. The number of rotatable bonds is 10. The summed E-state index contributed by atoms with van der Waals surface area (Å²) in [5.74, 6) is 2.69. The van der Waals surface area contributed by atoms with E-state index in [4.69, 9.17) is 9.47 Å². The average Bonchev–Trinajstić information content (AvgIpc) is 3.12. The van der Waals surface area contributed by atoms with Crippen molar-refractivity contribution in [2.24, 2.45) is 7.05 Å². The maximum Gasteiger partial charge on any atom is 0.234 e. The van der Waals surface area contributed by atoms with E-state index in [1.807, 2.05) is 54.9 Å². The Morgan fingerprint density at radius 2 is 1.84 bits per heavy atom. The Balaban J connectivity index is 1.52. The van der Waals surface area contributed by atoms with Gasteiger partial charge in [-0.05, 0) is 42.7 Å². The van der Waals surface area contributed by atoms with Gasteiger partial charge in [0.05, 0.1) is 18.0 Å². The number of nitrogens with one attached hydrogen (secondary N) is 1. The zero-order valence-corrected chi connectivity index (χ0v) is 19.1. The van der Waals surface area contributed by atoms with Crippen molar-refractivity contribution >= 4 is 23.4 Å². The summed E-state index contributed by atoms with van der Waals surface area (Å²) in [6.07, 6.45) is 0. The molecule has 0 aliphatic carbocycles. The predicted octanol–water partition coefficient (Wildman–Crippen LogP) is 4.65. The van der Waals surface area contributed by atoms with Crippen LogP contribution in [-0.4, -0.2) is 33.0 Å². The van der Waals surface area contributed by atoms with E-state index < -0.39 is 0 Å². The molecule has 0 spiro atoms. The number of amides is 1. The van der Waals surface area contributed by atoms with Crippen LogP contribution in [0.2, 0.25) is 0 Å². The minimum absolute atomic E-state index is 0.136. The Morgan fingerprint density at radius 1 is 1.10 bits per heavy atom. The van der Waals surface area contributed by atoms with Crippen molar-refractivity contribution in [3.05, 3.63) is 59.9 Å². The van der Waals surface area contributed by atoms with Crippen molar-refractivity contribution in [1.29, 1.82) is 0 Å². The van der Waals surface area contributed by atoms with Crippen LogP contribution in [0.1, 0.15) is 38.1 Å². The zero-order valence-electron chi connectivity index (χ0n) is 18.3. The minimum Gasteiger partial charge on any atom is -0.492 e. The Bertz CT molecular complexity index is 1000. The molecule has 1 heterocycles. The molecule has 1 amide bonds. The van der Waals surface area contributed by atoms with Gasteiger partial charge in [-0.15, -0.1) is 10.2 Å². The first-order valence-electron chi connectivity index (χ1n) is 10.2. The van der Waals surface area contributed by atoms with E-state index in [-0.39, 0.29) is 11.7 Å². The van der Waals surface area contributed by atoms with Gasteiger partial charge in [0.2, 0.25) is 5.91 Å². The number of carbonyl (C=O) groups is 1. The number of aromatic nitrogens is 3. The van der Waals surface area contributed by atoms with Crippen LogP contribution in [0.25, 0.3) is 0 Å². The minimum atomic E-state index is -0.136. The van der Waals surface area contributed by atoms with Gasteiger partial charge in [-0.25, -0.2) is 0 Å². The second-order valence-corrected chi connectivity index (χ2v) is 8.18. The van der Waals surface area contributed by atoms with Crippen LogP contribution in [0, 0.1) is 0 Å². The number of para-hydroxylation sites is 2. The van der Waals surface area contributed by atoms with Gasteiger partial charge in [0.1, 0.15) is 18.1 Å². The molecular formula is C23H28N4O3S. The zero-order chi connectivity index (χ0) is 22.2. The Labute approximate surface area is 187 Å². The van der Waals surface area contributed by atoms with Gasteiger partial charge >= 0.3 is 0 Å². The number of thioether (sulfide) groups is 1. The van der Waals surface area contributed by atoms with Crippen LogP contribution in [-0.2, 0) is 18.4 Å². The summed E-state index contributed by atoms with van der Waals surface area (Å²) >= 11 is 1.32. The third-order valence-corrected chi connectivity index (χ3v) is 5.65. The van der Waals surface area contributed by atoms with Gasteiger partial charge in [-0.2, -0.15) is 0 Å². The molecule has 0 bridgehead atoms. The molecule has 1 N–H and O–H groups in total. The second-order valence-electron chi connectivity index (χ2n) is 7.24. The van der Waals surface area contributed by atoms with E-state index in [1.54, 1.807) is 0 Å². The molecule has 0 unspecified atom stereocenters. The van der Waals surface area contributed by atoms with Gasteiger partial charge in [0.15, 0.2) is 11.0 Å². The highest BCUT2D eigenvalue weighted by molar-refractivity contribution is 7.99. The third-order valence-electron chi connectivity index (χ3n) is 4.63. The largest absolute Gasteiger partial charge is 0.492 e. The van der Waals surface area contributed by atoms with Gasteiger partial charge in [-0.3, -0.25) is 4.79 Å². The average molecular weight is 441 g/mol. The molecule has 0 saturated carbocycles. The molecule has 8 heteroatoms. The van der Waals surface area contributed by atoms with E-state index in [2.05, 4.69) is 41.5 Å². The lowest BCUT2D eigenvalue weighted by molar-refractivity contribution is -0.113. The molecule has 0 fully saturated rings. The third kappa shape index (κ3) is 6.24. The van der Waals surface area contributed by atoms with Gasteiger partial charge < -0.3 is 19.4 Å². The number of nitrogens with zero attached hydrogens (tertiary/aromatic N) is 3. The number of benzene rings is 2. The summed E-state index contributed by atoms with van der Waals surface area (Å²) in [5.41, 5.74) is 1.93. The SMILES string of the molecule is CCOc1ccccc1NC(=O)CSc1nnc(COc2ccc(C(C)C)cc2)n1C. The fourth-order valence-corrected chi connectivity index (χ4v) is 3.59. The summed E-state index contributed by atoms with van der Waals surface area (Å²) in [4.78, 5) is 12.4. The highest BCUT2D eigenvalue weighted by Crippen LogP contribution is 2.25. The van der Waals surface area contributed by atoms with Crippen molar-refractivity contribution in [1.82, 2.24) is 14.8 Å². The van der Waals surface area contributed by atoms with Crippen LogP contribution in [0.5, 0.6) is 11.5 Å². The molecule has 0 atom stereocenters. The summed E-state index contributed by atoms with van der Waals surface area (Å²) in [7, 11) is 1.87. The Morgan fingerprint density at radius 3 is 2.55 bits per heavy atom. The fraction of sp³-hybridized carbons (Fsp3) is 0.348. The van der Waals surface area contributed by atoms with Crippen molar-refractivity contribution in [3.63, 3.8) is 0 Å². The number of hydrogen-bond donors (Lipinski definition) is 1. The summed E-state index contributed by atoms with van der Waals surface area (Å²) in [6.45, 7) is 7.07. The van der Waals surface area contributed by atoms with Crippen molar-refractivity contribution in [2.45, 2.75) is 38.5 Å². The number of ether oxygens (including phenoxy) is 2. The van der Waals surface area contributed by atoms with Crippen molar-refractivity contribution in [3.8, 4) is 11.5 Å². The molecule has 0 saturated heterocycles.